The predicted molar refractivity (Wildman–Crippen MR) is 77.1 cm³/mol. The molecule has 10 heteroatoms. The van der Waals surface area contributed by atoms with E-state index in [4.69, 9.17) is 8.94 Å². The highest BCUT2D eigenvalue weighted by atomic mass is 79.9. The van der Waals surface area contributed by atoms with Crippen LogP contribution in [0.1, 0.15) is 17.5 Å². The Morgan fingerprint density at radius 3 is 2.81 bits per heavy atom. The molecule has 0 aliphatic heterocycles. The quantitative estimate of drug-likeness (QED) is 0.738. The Morgan fingerprint density at radius 2 is 2.19 bits per heavy atom. The van der Waals surface area contributed by atoms with E-state index < -0.39 is 10.0 Å². The molecule has 0 aromatic carbocycles. The molecule has 2 aromatic rings. The van der Waals surface area contributed by atoms with Gasteiger partial charge in [-0.25, -0.2) is 13.1 Å². The molecule has 2 rings (SSSR count). The molecule has 2 N–H and O–H groups in total. The fraction of sp³-hybridized carbons (Fsp3) is 0.455. The summed E-state index contributed by atoms with van der Waals surface area (Å²) in [7, 11) is -1.91. The van der Waals surface area contributed by atoms with Gasteiger partial charge in [-0.1, -0.05) is 5.16 Å². The van der Waals surface area contributed by atoms with E-state index in [1.54, 1.807) is 14.0 Å². The number of nitrogens with zero attached hydrogens (tertiary/aromatic N) is 2. The average molecular weight is 379 g/mol. The molecule has 8 nitrogen and oxygen atoms in total. The number of sulfonamides is 1. The van der Waals surface area contributed by atoms with Crippen LogP contribution in [-0.4, -0.2) is 32.2 Å². The first kappa shape index (κ1) is 16.1. The highest BCUT2D eigenvalue weighted by Gasteiger charge is 2.22. The number of aromatic nitrogens is 2. The lowest BCUT2D eigenvalue weighted by Crippen LogP contribution is -2.26. The summed E-state index contributed by atoms with van der Waals surface area (Å²) in [6.45, 7) is 2.29. The fourth-order valence-corrected chi connectivity index (χ4v) is 3.68. The maximum Gasteiger partial charge on any atom is 0.244 e. The Labute approximate surface area is 130 Å². The molecule has 0 atom stereocenters. The van der Waals surface area contributed by atoms with Gasteiger partial charge >= 0.3 is 0 Å². The molecule has 0 unspecified atom stereocenters. The second-order valence-electron chi connectivity index (χ2n) is 4.26. The topological polar surface area (TPSA) is 110 Å². The second-order valence-corrected chi connectivity index (χ2v) is 6.72. The van der Waals surface area contributed by atoms with Crippen molar-refractivity contribution in [1.29, 1.82) is 0 Å². The molecule has 0 saturated carbocycles. The molecule has 0 bridgehead atoms. The van der Waals surface area contributed by atoms with E-state index in [2.05, 4.69) is 36.1 Å². The summed E-state index contributed by atoms with van der Waals surface area (Å²) < 4.78 is 37.2. The van der Waals surface area contributed by atoms with Gasteiger partial charge in [-0.3, -0.25) is 0 Å². The van der Waals surface area contributed by atoms with Crippen molar-refractivity contribution in [3.05, 3.63) is 28.2 Å². The zero-order valence-electron chi connectivity index (χ0n) is 11.5. The molecule has 0 amide bonds. The molecule has 0 aliphatic carbocycles. The van der Waals surface area contributed by atoms with Crippen LogP contribution in [0.2, 0.25) is 0 Å². The first-order valence-electron chi connectivity index (χ1n) is 6.14. The van der Waals surface area contributed by atoms with Crippen molar-refractivity contribution in [3.63, 3.8) is 0 Å². The number of hydrogen-bond donors (Lipinski definition) is 2. The van der Waals surface area contributed by atoms with Crippen molar-refractivity contribution in [2.24, 2.45) is 0 Å². The van der Waals surface area contributed by atoms with E-state index in [0.29, 0.717) is 30.4 Å². The first-order chi connectivity index (χ1) is 9.92. The third-order valence-corrected chi connectivity index (χ3v) is 4.87. The third-order valence-electron chi connectivity index (χ3n) is 2.55. The van der Waals surface area contributed by atoms with Crippen LogP contribution in [0.5, 0.6) is 0 Å². The molecular weight excluding hydrogens is 364 g/mol. The lowest BCUT2D eigenvalue weighted by Gasteiger charge is -2.02. The standard InChI is InChI=1S/C11H15BrN4O4S/c1-7-15-10(20-16-7)3-4-14-21(17,18)9-5-8(6-13-2)19-11(9)12/h5,13-14H,3-4,6H2,1-2H3. The molecule has 0 saturated heterocycles. The highest BCUT2D eigenvalue weighted by Crippen LogP contribution is 2.25. The van der Waals surface area contributed by atoms with Crippen LogP contribution in [-0.2, 0) is 23.0 Å². The van der Waals surface area contributed by atoms with Crippen molar-refractivity contribution in [3.8, 4) is 0 Å². The van der Waals surface area contributed by atoms with E-state index in [1.165, 1.54) is 6.07 Å². The SMILES string of the molecule is CNCc1cc(S(=O)(=O)NCCc2nc(C)no2)c(Br)o1. The van der Waals surface area contributed by atoms with E-state index in [0.717, 1.165) is 0 Å². The molecule has 2 heterocycles. The molecule has 0 radical (unpaired) electrons. The molecule has 0 spiro atoms. The van der Waals surface area contributed by atoms with Crippen LogP contribution in [0.3, 0.4) is 0 Å². The van der Waals surface area contributed by atoms with Crippen LogP contribution < -0.4 is 10.0 Å². The lowest BCUT2D eigenvalue weighted by molar-refractivity contribution is 0.375. The van der Waals surface area contributed by atoms with Gasteiger partial charge in [0.15, 0.2) is 10.5 Å². The van der Waals surface area contributed by atoms with Gasteiger partial charge in [-0.05, 0) is 29.9 Å². The van der Waals surface area contributed by atoms with Crippen LogP contribution in [0, 0.1) is 6.92 Å². The van der Waals surface area contributed by atoms with Crippen LogP contribution in [0.25, 0.3) is 0 Å². The van der Waals surface area contributed by atoms with Crippen molar-refractivity contribution < 1.29 is 17.4 Å². The Hall–Kier alpha value is -1.23. The molecule has 0 aliphatic rings. The minimum absolute atomic E-state index is 0.0643. The largest absolute Gasteiger partial charge is 0.452 e. The maximum atomic E-state index is 12.2. The van der Waals surface area contributed by atoms with Gasteiger partial charge in [-0.2, -0.15) is 4.98 Å². The third kappa shape index (κ3) is 4.13. The smallest absolute Gasteiger partial charge is 0.244 e. The molecule has 21 heavy (non-hydrogen) atoms. The summed E-state index contributed by atoms with van der Waals surface area (Å²) in [6, 6.07) is 1.47. The van der Waals surface area contributed by atoms with Gasteiger partial charge in [0.2, 0.25) is 15.9 Å². The predicted octanol–water partition coefficient (Wildman–Crippen LogP) is 0.974. The lowest BCUT2D eigenvalue weighted by atomic mass is 10.4. The Morgan fingerprint density at radius 1 is 1.43 bits per heavy atom. The molecule has 116 valence electrons. The summed E-state index contributed by atoms with van der Waals surface area (Å²) in [5.74, 6) is 1.43. The molecular formula is C11H15BrN4O4S. The van der Waals surface area contributed by atoms with Crippen LogP contribution >= 0.6 is 15.9 Å². The zero-order chi connectivity index (χ0) is 15.5. The van der Waals surface area contributed by atoms with Crippen LogP contribution in [0.15, 0.2) is 24.6 Å². The van der Waals surface area contributed by atoms with E-state index in [9.17, 15) is 8.42 Å². The Bertz CT molecular complexity index is 710. The minimum atomic E-state index is -3.66. The van der Waals surface area contributed by atoms with E-state index in [-0.39, 0.29) is 16.1 Å². The van der Waals surface area contributed by atoms with Crippen molar-refractivity contribution in [2.45, 2.75) is 24.8 Å². The fourth-order valence-electron chi connectivity index (χ4n) is 1.65. The van der Waals surface area contributed by atoms with Gasteiger partial charge in [0.25, 0.3) is 0 Å². The Balaban J connectivity index is 2.01. The monoisotopic (exact) mass is 378 g/mol. The normalized spacial score (nSPS) is 12.0. The average Bonchev–Trinajstić information content (AvgIpc) is 2.96. The summed E-state index contributed by atoms with van der Waals surface area (Å²) >= 11 is 3.11. The van der Waals surface area contributed by atoms with Crippen molar-refractivity contribution in [1.82, 2.24) is 20.2 Å². The number of hydrogen-bond acceptors (Lipinski definition) is 7. The van der Waals surface area contributed by atoms with Gasteiger partial charge in [0.1, 0.15) is 10.7 Å². The molecule has 2 aromatic heterocycles. The zero-order valence-corrected chi connectivity index (χ0v) is 13.9. The number of rotatable bonds is 7. The Kier molecular flexibility index (Phi) is 5.14. The van der Waals surface area contributed by atoms with Gasteiger partial charge in [0.05, 0.1) is 6.54 Å². The summed E-state index contributed by atoms with van der Waals surface area (Å²) in [4.78, 5) is 4.06. The second kappa shape index (κ2) is 6.69. The van der Waals surface area contributed by atoms with Crippen LogP contribution in [0.4, 0.5) is 0 Å². The van der Waals surface area contributed by atoms with E-state index >= 15 is 0 Å². The molecule has 0 fully saturated rings. The number of aryl methyl sites for hydroxylation is 1. The van der Waals surface area contributed by atoms with E-state index in [1.807, 2.05) is 0 Å². The number of furan rings is 1. The number of halogens is 1. The van der Waals surface area contributed by atoms with Crippen molar-refractivity contribution in [2.75, 3.05) is 13.6 Å². The van der Waals surface area contributed by atoms with Crippen molar-refractivity contribution >= 4 is 26.0 Å². The first-order valence-corrected chi connectivity index (χ1v) is 8.41. The van der Waals surface area contributed by atoms with Gasteiger partial charge < -0.3 is 14.3 Å². The highest BCUT2D eigenvalue weighted by molar-refractivity contribution is 9.10. The number of nitrogens with one attached hydrogen (secondary N) is 2. The van der Waals surface area contributed by atoms with Gasteiger partial charge in [0, 0.05) is 19.0 Å². The minimum Gasteiger partial charge on any atom is -0.452 e. The summed E-state index contributed by atoms with van der Waals surface area (Å²) in [5.41, 5.74) is 0. The van der Waals surface area contributed by atoms with Gasteiger partial charge in [-0.15, -0.1) is 0 Å². The summed E-state index contributed by atoms with van der Waals surface area (Å²) in [5, 5.41) is 6.52. The summed E-state index contributed by atoms with van der Waals surface area (Å²) in [6.07, 6.45) is 0.318. The maximum absolute atomic E-state index is 12.2.